The molecular formula is C11H20N4O. The molecule has 5 nitrogen and oxygen atoms in total. The zero-order valence-electron chi connectivity index (χ0n) is 10.4. The molecule has 0 aliphatic heterocycles. The fraction of sp³-hybridized carbons (Fsp3) is 0.636. The Hall–Kier alpha value is -1.36. The molecule has 0 aliphatic rings. The van der Waals surface area contributed by atoms with Crippen LogP contribution in [0.5, 0.6) is 0 Å². The Kier molecular flexibility index (Phi) is 4.49. The number of aromatic nitrogens is 2. The van der Waals surface area contributed by atoms with Crippen molar-refractivity contribution in [3.8, 4) is 0 Å². The fourth-order valence-corrected chi connectivity index (χ4v) is 1.37. The summed E-state index contributed by atoms with van der Waals surface area (Å²) in [6.07, 6.45) is 2.29. The minimum atomic E-state index is 0.144. The van der Waals surface area contributed by atoms with Crippen molar-refractivity contribution in [1.29, 1.82) is 0 Å². The molecule has 1 aromatic rings. The highest BCUT2D eigenvalue weighted by Gasteiger charge is 2.10. The van der Waals surface area contributed by atoms with Crippen LogP contribution < -0.4 is 5.32 Å². The minimum absolute atomic E-state index is 0.144. The molecule has 0 saturated heterocycles. The summed E-state index contributed by atoms with van der Waals surface area (Å²) in [5.74, 6) is 0.144. The normalized spacial score (nSPS) is 12.5. The van der Waals surface area contributed by atoms with Crippen LogP contribution in [-0.4, -0.2) is 40.7 Å². The highest BCUT2D eigenvalue weighted by Crippen LogP contribution is 1.99. The quantitative estimate of drug-likeness (QED) is 0.786. The lowest BCUT2D eigenvalue weighted by Crippen LogP contribution is -2.33. The first kappa shape index (κ1) is 12.7. The maximum Gasteiger partial charge on any atom is 0.223 e. The van der Waals surface area contributed by atoms with E-state index in [4.69, 9.17) is 0 Å². The van der Waals surface area contributed by atoms with Crippen molar-refractivity contribution in [1.82, 2.24) is 20.0 Å². The maximum absolute atomic E-state index is 11.4. The lowest BCUT2D eigenvalue weighted by Gasteiger charge is -2.16. The van der Waals surface area contributed by atoms with Crippen LogP contribution in [0.2, 0.25) is 0 Å². The number of amides is 1. The van der Waals surface area contributed by atoms with E-state index < -0.39 is 0 Å². The zero-order chi connectivity index (χ0) is 12.1. The number of carbonyl (C=O) groups is 1. The predicted octanol–water partition coefficient (Wildman–Crippen LogP) is 0.376. The number of hydrogen-bond donors (Lipinski definition) is 1. The van der Waals surface area contributed by atoms with Gasteiger partial charge in [0.25, 0.3) is 0 Å². The molecule has 0 aliphatic carbocycles. The summed E-state index contributed by atoms with van der Waals surface area (Å²) in [6.45, 7) is 2.75. The van der Waals surface area contributed by atoms with Crippen LogP contribution in [0.25, 0.3) is 0 Å². The van der Waals surface area contributed by atoms with E-state index in [1.165, 1.54) is 0 Å². The van der Waals surface area contributed by atoms with Crippen LogP contribution >= 0.6 is 0 Å². The molecule has 1 N–H and O–H groups in total. The maximum atomic E-state index is 11.4. The fourth-order valence-electron chi connectivity index (χ4n) is 1.37. The predicted molar refractivity (Wildman–Crippen MR) is 62.8 cm³/mol. The standard InChI is InChI=1S/C11H20N4O/c1-9(7-11(16)14(2)3)12-8-10-5-6-13-15(10)4/h5-6,9,12H,7-8H2,1-4H3. The van der Waals surface area contributed by atoms with Crippen molar-refractivity contribution in [2.45, 2.75) is 25.9 Å². The van der Waals surface area contributed by atoms with Crippen LogP contribution in [-0.2, 0) is 18.4 Å². The van der Waals surface area contributed by atoms with E-state index in [2.05, 4.69) is 10.4 Å². The van der Waals surface area contributed by atoms with E-state index in [1.807, 2.05) is 24.7 Å². The SMILES string of the molecule is CC(CC(=O)N(C)C)NCc1ccnn1C. The summed E-state index contributed by atoms with van der Waals surface area (Å²) in [7, 11) is 5.46. The first-order valence-corrected chi connectivity index (χ1v) is 5.41. The Bertz CT molecular complexity index is 346. The molecular weight excluding hydrogens is 204 g/mol. The summed E-state index contributed by atoms with van der Waals surface area (Å²) in [6, 6.07) is 2.14. The summed E-state index contributed by atoms with van der Waals surface area (Å²) in [5, 5.41) is 7.39. The monoisotopic (exact) mass is 224 g/mol. The van der Waals surface area contributed by atoms with Crippen molar-refractivity contribution in [3.05, 3.63) is 18.0 Å². The second-order valence-electron chi connectivity index (χ2n) is 4.22. The van der Waals surface area contributed by atoms with E-state index in [9.17, 15) is 4.79 Å². The van der Waals surface area contributed by atoms with Crippen molar-refractivity contribution < 1.29 is 4.79 Å². The molecule has 0 aromatic carbocycles. The molecule has 1 atom stereocenters. The van der Waals surface area contributed by atoms with Crippen LogP contribution in [0.3, 0.4) is 0 Å². The molecule has 90 valence electrons. The van der Waals surface area contributed by atoms with Crippen LogP contribution in [0.1, 0.15) is 19.0 Å². The highest BCUT2D eigenvalue weighted by atomic mass is 16.2. The summed E-state index contributed by atoms with van der Waals surface area (Å²) < 4.78 is 1.83. The summed E-state index contributed by atoms with van der Waals surface area (Å²) >= 11 is 0. The molecule has 0 spiro atoms. The molecule has 1 heterocycles. The summed E-state index contributed by atoms with van der Waals surface area (Å²) in [5.41, 5.74) is 1.11. The lowest BCUT2D eigenvalue weighted by molar-refractivity contribution is -0.129. The largest absolute Gasteiger partial charge is 0.349 e. The second-order valence-corrected chi connectivity index (χ2v) is 4.22. The van der Waals surface area contributed by atoms with Gasteiger partial charge in [-0.15, -0.1) is 0 Å². The van der Waals surface area contributed by atoms with Gasteiger partial charge in [0.2, 0.25) is 5.91 Å². The molecule has 1 aromatic heterocycles. The molecule has 0 saturated carbocycles. The smallest absolute Gasteiger partial charge is 0.223 e. The molecule has 5 heteroatoms. The van der Waals surface area contributed by atoms with Crippen molar-refractivity contribution in [2.24, 2.45) is 7.05 Å². The van der Waals surface area contributed by atoms with Gasteiger partial charge in [-0.1, -0.05) is 0 Å². The van der Waals surface area contributed by atoms with E-state index in [0.717, 1.165) is 12.2 Å². The van der Waals surface area contributed by atoms with Gasteiger partial charge in [-0.05, 0) is 13.0 Å². The Morgan fingerprint density at radius 3 is 2.81 bits per heavy atom. The van der Waals surface area contributed by atoms with E-state index in [0.29, 0.717) is 6.42 Å². The molecule has 0 bridgehead atoms. The Labute approximate surface area is 96.4 Å². The first-order valence-electron chi connectivity index (χ1n) is 5.41. The van der Waals surface area contributed by atoms with E-state index >= 15 is 0 Å². The van der Waals surface area contributed by atoms with Gasteiger partial charge in [-0.2, -0.15) is 5.10 Å². The molecule has 1 rings (SSSR count). The third-order valence-corrected chi connectivity index (χ3v) is 2.53. The third kappa shape index (κ3) is 3.66. The average molecular weight is 224 g/mol. The third-order valence-electron chi connectivity index (χ3n) is 2.53. The molecule has 0 fully saturated rings. The molecule has 0 radical (unpaired) electrons. The average Bonchev–Trinajstić information content (AvgIpc) is 2.61. The first-order chi connectivity index (χ1) is 7.50. The number of rotatable bonds is 5. The van der Waals surface area contributed by atoms with Gasteiger partial charge in [0.1, 0.15) is 0 Å². The molecule has 1 amide bonds. The second kappa shape index (κ2) is 5.65. The highest BCUT2D eigenvalue weighted by molar-refractivity contribution is 5.76. The van der Waals surface area contributed by atoms with Crippen LogP contribution in [0.15, 0.2) is 12.3 Å². The van der Waals surface area contributed by atoms with Crippen molar-refractivity contribution in [3.63, 3.8) is 0 Å². The molecule has 1 unspecified atom stereocenters. The number of aryl methyl sites for hydroxylation is 1. The van der Waals surface area contributed by atoms with E-state index in [1.54, 1.807) is 25.2 Å². The number of carbonyl (C=O) groups excluding carboxylic acids is 1. The van der Waals surface area contributed by atoms with E-state index in [-0.39, 0.29) is 11.9 Å². The van der Waals surface area contributed by atoms with Crippen molar-refractivity contribution in [2.75, 3.05) is 14.1 Å². The van der Waals surface area contributed by atoms with Crippen LogP contribution in [0, 0.1) is 0 Å². The van der Waals surface area contributed by atoms with Crippen molar-refractivity contribution >= 4 is 5.91 Å². The van der Waals surface area contributed by atoms with Gasteiger partial charge in [-0.25, -0.2) is 0 Å². The van der Waals surface area contributed by atoms with Gasteiger partial charge in [-0.3, -0.25) is 9.48 Å². The van der Waals surface area contributed by atoms with Gasteiger partial charge in [0, 0.05) is 46.3 Å². The Morgan fingerprint density at radius 2 is 2.31 bits per heavy atom. The lowest BCUT2D eigenvalue weighted by atomic mass is 10.2. The number of nitrogens with one attached hydrogen (secondary N) is 1. The zero-order valence-corrected chi connectivity index (χ0v) is 10.4. The number of hydrogen-bond acceptors (Lipinski definition) is 3. The van der Waals surface area contributed by atoms with Gasteiger partial charge in [0.15, 0.2) is 0 Å². The van der Waals surface area contributed by atoms with Gasteiger partial charge >= 0.3 is 0 Å². The number of nitrogens with zero attached hydrogens (tertiary/aromatic N) is 3. The Balaban J connectivity index is 2.33. The Morgan fingerprint density at radius 1 is 1.62 bits per heavy atom. The summed E-state index contributed by atoms with van der Waals surface area (Å²) in [4.78, 5) is 13.1. The minimum Gasteiger partial charge on any atom is -0.349 e. The topological polar surface area (TPSA) is 50.2 Å². The van der Waals surface area contributed by atoms with Gasteiger partial charge in [0.05, 0.1) is 5.69 Å². The molecule has 16 heavy (non-hydrogen) atoms. The van der Waals surface area contributed by atoms with Gasteiger partial charge < -0.3 is 10.2 Å². The van der Waals surface area contributed by atoms with Crippen LogP contribution in [0.4, 0.5) is 0 Å².